The number of rotatable bonds is 7. The van der Waals surface area contributed by atoms with Crippen LogP contribution in [-0.2, 0) is 25.1 Å². The van der Waals surface area contributed by atoms with Gasteiger partial charge in [-0.3, -0.25) is 4.79 Å². The highest BCUT2D eigenvalue weighted by molar-refractivity contribution is 7.53. The molecule has 0 aromatic heterocycles. The Morgan fingerprint density at radius 3 is 2.36 bits per heavy atom. The Labute approximate surface area is 126 Å². The molecule has 1 aromatic carbocycles. The minimum Gasteiger partial charge on any atom is -0.508 e. The fourth-order valence-corrected chi connectivity index (χ4v) is 2.04. The average Bonchev–Trinajstić information content (AvgIpc) is 2.48. The van der Waals surface area contributed by atoms with Gasteiger partial charge in [0.05, 0.1) is 6.54 Å². The molecule has 7 N–H and O–H groups in total. The Bertz CT molecular complexity index is 577. The molecule has 10 heteroatoms. The Morgan fingerprint density at radius 2 is 1.86 bits per heavy atom. The average molecular weight is 331 g/mol. The molecule has 2 atom stereocenters. The number of amides is 1. The predicted molar refractivity (Wildman–Crippen MR) is 77.8 cm³/mol. The van der Waals surface area contributed by atoms with Gasteiger partial charge in [-0.05, 0) is 17.7 Å². The maximum atomic E-state index is 11.9. The molecule has 1 aromatic rings. The molecule has 1 unspecified atom stereocenters. The molecule has 0 saturated carbocycles. The Hall–Kier alpha value is -1.93. The van der Waals surface area contributed by atoms with E-state index in [2.05, 4.69) is 9.84 Å². The zero-order valence-corrected chi connectivity index (χ0v) is 12.5. The normalized spacial score (nSPS) is 14.7. The van der Waals surface area contributed by atoms with E-state index in [0.717, 1.165) is 0 Å². The number of phenols is 1. The number of hydrogen-bond acceptors (Lipinski definition) is 7. The maximum Gasteiger partial charge on any atom is 0.392 e. The van der Waals surface area contributed by atoms with E-state index >= 15 is 0 Å². The number of carbonyl (C=O) groups is 2. The first-order valence-electron chi connectivity index (χ1n) is 6.30. The van der Waals surface area contributed by atoms with E-state index in [0.29, 0.717) is 5.56 Å². The second kappa shape index (κ2) is 7.90. The summed E-state index contributed by atoms with van der Waals surface area (Å²) in [6.07, 6.45) is -0.731. The van der Waals surface area contributed by atoms with Crippen molar-refractivity contribution in [2.24, 2.45) is 11.5 Å². The molecule has 0 heterocycles. The number of nitrogens with two attached hydrogens (primary N) is 2. The zero-order valence-electron chi connectivity index (χ0n) is 11.6. The van der Waals surface area contributed by atoms with Gasteiger partial charge < -0.3 is 31.3 Å². The van der Waals surface area contributed by atoms with Crippen LogP contribution in [0.15, 0.2) is 24.3 Å². The van der Waals surface area contributed by atoms with Gasteiger partial charge >= 0.3 is 13.6 Å². The number of hydrogen-bond donors (Lipinski definition) is 5. The molecule has 1 amide bonds. The first-order chi connectivity index (χ1) is 10.3. The fourth-order valence-electron chi connectivity index (χ4n) is 1.56. The summed E-state index contributed by atoms with van der Waals surface area (Å²) in [6, 6.07) is 4.67. The molecule has 0 saturated heterocycles. The van der Waals surface area contributed by atoms with E-state index < -0.39 is 31.8 Å². The molecule has 0 bridgehead atoms. The third-order valence-electron chi connectivity index (χ3n) is 2.64. The van der Waals surface area contributed by atoms with Gasteiger partial charge in [0.2, 0.25) is 5.91 Å². The third kappa shape index (κ3) is 5.82. The molecule has 0 aliphatic carbocycles. The lowest BCUT2D eigenvalue weighted by Gasteiger charge is -2.19. The molecule has 0 radical (unpaired) electrons. The Morgan fingerprint density at radius 1 is 1.27 bits per heavy atom. The molecule has 0 aliphatic rings. The van der Waals surface area contributed by atoms with E-state index in [1.54, 1.807) is 0 Å². The van der Waals surface area contributed by atoms with Gasteiger partial charge in [-0.2, -0.15) is 0 Å². The van der Waals surface area contributed by atoms with Gasteiger partial charge in [0.25, 0.3) is 0 Å². The Kier molecular flexibility index (Phi) is 6.51. The molecular formula is C12H18N3O6P. The van der Waals surface area contributed by atoms with Gasteiger partial charge in [0.1, 0.15) is 18.1 Å². The van der Waals surface area contributed by atoms with E-state index in [1.165, 1.54) is 24.3 Å². The van der Waals surface area contributed by atoms with Crippen molar-refractivity contribution in [3.05, 3.63) is 29.8 Å². The minimum absolute atomic E-state index is 0.00454. The van der Waals surface area contributed by atoms with Crippen LogP contribution in [0, 0.1) is 0 Å². The quantitative estimate of drug-likeness (QED) is 0.398. The van der Waals surface area contributed by atoms with Crippen molar-refractivity contribution in [1.82, 2.24) is 5.32 Å². The lowest BCUT2D eigenvalue weighted by atomic mass is 10.1. The summed E-state index contributed by atoms with van der Waals surface area (Å²) in [5.41, 5.74) is 10.8. The molecule has 22 heavy (non-hydrogen) atoms. The zero-order chi connectivity index (χ0) is 16.8. The van der Waals surface area contributed by atoms with Crippen LogP contribution in [-0.4, -0.2) is 40.7 Å². The number of aromatic hydroxyl groups is 1. The van der Waals surface area contributed by atoms with Crippen molar-refractivity contribution in [2.75, 3.05) is 12.8 Å². The molecule has 9 nitrogen and oxygen atoms in total. The summed E-state index contributed by atoms with van der Waals surface area (Å²) in [5, 5.41) is 11.5. The van der Waals surface area contributed by atoms with E-state index in [4.69, 9.17) is 11.5 Å². The van der Waals surface area contributed by atoms with Crippen molar-refractivity contribution < 1.29 is 28.7 Å². The van der Waals surface area contributed by atoms with Crippen LogP contribution >= 0.6 is 7.60 Å². The number of carbonyl (C=O) groups excluding carboxylic acids is 2. The number of benzene rings is 1. The highest BCUT2D eigenvalue weighted by Gasteiger charge is 2.29. The highest BCUT2D eigenvalue weighted by atomic mass is 31.2. The molecule has 0 spiro atoms. The smallest absolute Gasteiger partial charge is 0.392 e. The SMILES string of the molecule is NCC(=O)N[C@@H](Cc1ccc(O)cc1)C(=O)OP(=O)(O)CN. The first-order valence-corrected chi connectivity index (χ1v) is 8.06. The number of nitrogens with one attached hydrogen (secondary N) is 1. The summed E-state index contributed by atoms with van der Waals surface area (Å²) in [6.45, 7) is -0.354. The van der Waals surface area contributed by atoms with Crippen molar-refractivity contribution in [2.45, 2.75) is 12.5 Å². The Balaban J connectivity index is 2.87. The summed E-state index contributed by atoms with van der Waals surface area (Å²) >= 11 is 0. The van der Waals surface area contributed by atoms with Gasteiger partial charge in [-0.25, -0.2) is 9.36 Å². The maximum absolute atomic E-state index is 11.9. The summed E-state index contributed by atoms with van der Waals surface area (Å²) in [5.74, 6) is -1.68. The van der Waals surface area contributed by atoms with Crippen LogP contribution in [0.1, 0.15) is 5.56 Å². The molecular weight excluding hydrogens is 313 g/mol. The van der Waals surface area contributed by atoms with E-state index in [9.17, 15) is 24.2 Å². The summed E-state index contributed by atoms with van der Waals surface area (Å²) in [7, 11) is -4.24. The van der Waals surface area contributed by atoms with Crippen LogP contribution in [0.5, 0.6) is 5.75 Å². The largest absolute Gasteiger partial charge is 0.508 e. The van der Waals surface area contributed by atoms with Gasteiger partial charge in [0, 0.05) is 6.42 Å². The summed E-state index contributed by atoms with van der Waals surface area (Å²) < 4.78 is 15.8. The van der Waals surface area contributed by atoms with Gasteiger partial charge in [0.15, 0.2) is 0 Å². The molecule has 1 rings (SSSR count). The second-order valence-corrected chi connectivity index (χ2v) is 6.25. The standard InChI is InChI=1S/C12H18N3O6P/c13-6-11(17)15-10(12(18)21-22(19,20)7-14)5-8-1-3-9(16)4-2-8/h1-4,10,16H,5-7,13-14H2,(H,15,17)(H,19,20)/t10-/m0/s1. The highest BCUT2D eigenvalue weighted by Crippen LogP contribution is 2.39. The number of phenolic OH excluding ortho intramolecular Hbond substituents is 1. The van der Waals surface area contributed by atoms with Crippen LogP contribution in [0.25, 0.3) is 0 Å². The van der Waals surface area contributed by atoms with Crippen LogP contribution in [0.2, 0.25) is 0 Å². The van der Waals surface area contributed by atoms with Crippen LogP contribution < -0.4 is 16.8 Å². The van der Waals surface area contributed by atoms with Crippen molar-refractivity contribution in [3.63, 3.8) is 0 Å². The van der Waals surface area contributed by atoms with Crippen LogP contribution in [0.3, 0.4) is 0 Å². The lowest BCUT2D eigenvalue weighted by Crippen LogP contribution is -2.45. The van der Waals surface area contributed by atoms with Gasteiger partial charge in [-0.1, -0.05) is 12.1 Å². The topological polar surface area (TPSA) is 165 Å². The lowest BCUT2D eigenvalue weighted by molar-refractivity contribution is -0.139. The fraction of sp³-hybridized carbons (Fsp3) is 0.333. The van der Waals surface area contributed by atoms with E-state index in [-0.39, 0.29) is 18.7 Å². The molecule has 0 fully saturated rings. The molecule has 122 valence electrons. The van der Waals surface area contributed by atoms with Gasteiger partial charge in [-0.15, -0.1) is 0 Å². The van der Waals surface area contributed by atoms with Crippen molar-refractivity contribution in [1.29, 1.82) is 0 Å². The van der Waals surface area contributed by atoms with E-state index in [1.807, 2.05) is 0 Å². The second-order valence-electron chi connectivity index (χ2n) is 4.43. The molecule has 0 aliphatic heterocycles. The first kappa shape index (κ1) is 18.1. The van der Waals surface area contributed by atoms with Crippen LogP contribution in [0.4, 0.5) is 0 Å². The monoisotopic (exact) mass is 331 g/mol. The third-order valence-corrected chi connectivity index (χ3v) is 3.57. The van der Waals surface area contributed by atoms with Crippen molar-refractivity contribution in [3.8, 4) is 5.75 Å². The predicted octanol–water partition coefficient (Wildman–Crippen LogP) is -0.977. The van der Waals surface area contributed by atoms with Crippen molar-refractivity contribution >= 4 is 19.5 Å². The minimum atomic E-state index is -4.24. The summed E-state index contributed by atoms with van der Waals surface area (Å²) in [4.78, 5) is 32.5.